The van der Waals surface area contributed by atoms with Crippen LogP contribution in [0.4, 0.5) is 18.9 Å². The Bertz CT molecular complexity index is 1140. The lowest BCUT2D eigenvalue weighted by molar-refractivity contribution is -0.137. The monoisotopic (exact) mass is 433 g/mol. The predicted molar refractivity (Wildman–Crippen MR) is 107 cm³/mol. The van der Waals surface area contributed by atoms with E-state index in [4.69, 9.17) is 9.47 Å². The highest BCUT2D eigenvalue weighted by Crippen LogP contribution is 2.37. The van der Waals surface area contributed by atoms with Crippen molar-refractivity contribution in [2.45, 2.75) is 13.1 Å². The molecule has 7 nitrogen and oxygen atoms in total. The summed E-state index contributed by atoms with van der Waals surface area (Å²) < 4.78 is 51.5. The van der Waals surface area contributed by atoms with Gasteiger partial charge in [-0.05, 0) is 55.5 Å². The number of hydrogen-bond donors (Lipinski definition) is 1. The Morgan fingerprint density at radius 3 is 2.35 bits per heavy atom. The van der Waals surface area contributed by atoms with Gasteiger partial charge in [0.05, 0.1) is 17.9 Å². The number of rotatable bonds is 6. The maximum atomic E-state index is 13.2. The molecule has 0 unspecified atom stereocenters. The molecule has 1 heterocycles. The first-order valence-electron chi connectivity index (χ1n) is 9.15. The van der Waals surface area contributed by atoms with Crippen LogP contribution in [0.2, 0.25) is 0 Å². The molecule has 0 atom stereocenters. The van der Waals surface area contributed by atoms with E-state index in [0.717, 1.165) is 28.9 Å². The number of anilines is 1. The highest BCUT2D eigenvalue weighted by molar-refractivity contribution is 6.03. The van der Waals surface area contributed by atoms with Crippen molar-refractivity contribution in [3.05, 3.63) is 76.2 Å². The lowest BCUT2D eigenvalue weighted by Gasteiger charge is -2.15. The van der Waals surface area contributed by atoms with E-state index in [2.05, 4.69) is 10.4 Å². The maximum absolute atomic E-state index is 13.2. The van der Waals surface area contributed by atoms with Crippen LogP contribution < -0.4 is 20.3 Å². The molecule has 0 aliphatic heterocycles. The first kappa shape index (κ1) is 21.9. The van der Waals surface area contributed by atoms with Gasteiger partial charge >= 0.3 is 6.18 Å². The van der Waals surface area contributed by atoms with Crippen LogP contribution in [0.3, 0.4) is 0 Å². The van der Waals surface area contributed by atoms with E-state index < -0.39 is 23.2 Å². The molecule has 3 aromatic rings. The molecule has 10 heteroatoms. The Balaban J connectivity index is 1.92. The van der Waals surface area contributed by atoms with E-state index in [1.165, 1.54) is 13.1 Å². The molecule has 0 radical (unpaired) electrons. The lowest BCUT2D eigenvalue weighted by atomic mass is 10.1. The molecule has 0 bridgehead atoms. The van der Waals surface area contributed by atoms with Crippen LogP contribution in [0, 0.1) is 0 Å². The topological polar surface area (TPSA) is 82.5 Å². The highest BCUT2D eigenvalue weighted by atomic mass is 19.4. The van der Waals surface area contributed by atoms with Crippen LogP contribution in [-0.2, 0) is 13.2 Å². The number of carbonyl (C=O) groups excluding carboxylic acids is 1. The summed E-state index contributed by atoms with van der Waals surface area (Å²) in [4.78, 5) is 24.0. The summed E-state index contributed by atoms with van der Waals surface area (Å²) in [6, 6.07) is 11.5. The number of nitrogens with one attached hydrogen (secondary N) is 1. The fraction of sp³-hybridized carbons (Fsp3) is 0.190. The van der Waals surface area contributed by atoms with Gasteiger partial charge in [-0.15, -0.1) is 0 Å². The number of hydrogen-bond acceptors (Lipinski definition) is 5. The molecule has 0 saturated carbocycles. The predicted octanol–water partition coefficient (Wildman–Crippen LogP) is 4.24. The molecule has 1 aromatic heterocycles. The van der Waals surface area contributed by atoms with Crippen LogP contribution in [0.5, 0.6) is 17.2 Å². The van der Waals surface area contributed by atoms with Gasteiger partial charge in [-0.1, -0.05) is 0 Å². The number of alkyl halides is 3. The van der Waals surface area contributed by atoms with E-state index in [1.54, 1.807) is 24.3 Å². The smallest absolute Gasteiger partial charge is 0.416 e. The number of nitrogens with zero attached hydrogens (tertiary/aromatic N) is 2. The number of carbonyl (C=O) groups is 1. The Labute approximate surface area is 175 Å². The molecule has 3 rings (SSSR count). The molecule has 0 aliphatic carbocycles. The Morgan fingerprint density at radius 2 is 1.74 bits per heavy atom. The SMILES string of the molecule is CCOc1ccc(Oc2ccc(C(F)(F)F)cc2NC(=O)c2ccc(=O)n(C)n2)cc1. The fourth-order valence-corrected chi connectivity index (χ4v) is 2.60. The zero-order valence-electron chi connectivity index (χ0n) is 16.6. The van der Waals surface area contributed by atoms with Crippen molar-refractivity contribution >= 4 is 11.6 Å². The van der Waals surface area contributed by atoms with E-state index in [-0.39, 0.29) is 17.1 Å². The molecule has 2 aromatic carbocycles. The van der Waals surface area contributed by atoms with Gasteiger partial charge in [0.25, 0.3) is 11.5 Å². The number of ether oxygens (including phenoxy) is 2. The van der Waals surface area contributed by atoms with Crippen molar-refractivity contribution in [2.24, 2.45) is 7.05 Å². The van der Waals surface area contributed by atoms with Gasteiger partial charge in [0, 0.05) is 13.1 Å². The molecular weight excluding hydrogens is 415 g/mol. The van der Waals surface area contributed by atoms with Crippen molar-refractivity contribution < 1.29 is 27.4 Å². The average molecular weight is 433 g/mol. The minimum Gasteiger partial charge on any atom is -0.494 e. The summed E-state index contributed by atoms with van der Waals surface area (Å²) in [5.74, 6) is 0.136. The van der Waals surface area contributed by atoms with Crippen molar-refractivity contribution in [3.8, 4) is 17.2 Å². The Morgan fingerprint density at radius 1 is 1.06 bits per heavy atom. The van der Waals surface area contributed by atoms with Crippen molar-refractivity contribution in [3.63, 3.8) is 0 Å². The molecule has 1 amide bonds. The maximum Gasteiger partial charge on any atom is 0.416 e. The summed E-state index contributed by atoms with van der Waals surface area (Å²) in [7, 11) is 1.35. The molecule has 0 aliphatic rings. The molecule has 0 fully saturated rings. The minimum atomic E-state index is -4.62. The number of benzene rings is 2. The standard InChI is InChI=1S/C21H18F3N3O4/c1-3-30-14-5-7-15(8-6-14)31-18-10-4-13(21(22,23)24)12-17(18)25-20(29)16-9-11-19(28)27(2)26-16/h4-12H,3H2,1-2H3,(H,25,29). The average Bonchev–Trinajstić information content (AvgIpc) is 2.72. The van der Waals surface area contributed by atoms with E-state index in [1.807, 2.05) is 6.92 Å². The number of halogens is 3. The third-order valence-electron chi connectivity index (χ3n) is 4.11. The van der Waals surface area contributed by atoms with Crippen molar-refractivity contribution in [1.29, 1.82) is 0 Å². The molecule has 1 N–H and O–H groups in total. The Kier molecular flexibility index (Phi) is 6.28. The van der Waals surface area contributed by atoms with Gasteiger partial charge < -0.3 is 14.8 Å². The highest BCUT2D eigenvalue weighted by Gasteiger charge is 2.31. The Hall–Kier alpha value is -3.82. The van der Waals surface area contributed by atoms with E-state index >= 15 is 0 Å². The second-order valence-corrected chi connectivity index (χ2v) is 6.35. The van der Waals surface area contributed by atoms with Crippen LogP contribution >= 0.6 is 0 Å². The molecule has 0 saturated heterocycles. The molecule has 0 spiro atoms. The summed E-state index contributed by atoms with van der Waals surface area (Å²) in [5, 5.41) is 6.17. The van der Waals surface area contributed by atoms with Gasteiger partial charge in [0.1, 0.15) is 17.2 Å². The van der Waals surface area contributed by atoms with E-state index in [9.17, 15) is 22.8 Å². The van der Waals surface area contributed by atoms with Gasteiger partial charge in [0.15, 0.2) is 5.75 Å². The zero-order valence-corrected chi connectivity index (χ0v) is 16.6. The lowest BCUT2D eigenvalue weighted by Crippen LogP contribution is -2.23. The second kappa shape index (κ2) is 8.90. The fourth-order valence-electron chi connectivity index (χ4n) is 2.60. The third kappa shape index (κ3) is 5.41. The quantitative estimate of drug-likeness (QED) is 0.629. The van der Waals surface area contributed by atoms with Gasteiger partial charge in [-0.2, -0.15) is 18.3 Å². The number of aryl methyl sites for hydroxylation is 1. The van der Waals surface area contributed by atoms with Gasteiger partial charge in [-0.25, -0.2) is 4.68 Å². The van der Waals surface area contributed by atoms with E-state index in [0.29, 0.717) is 18.1 Å². The second-order valence-electron chi connectivity index (χ2n) is 6.35. The zero-order chi connectivity index (χ0) is 22.6. The minimum absolute atomic E-state index is 0.00432. The normalized spacial score (nSPS) is 11.1. The largest absolute Gasteiger partial charge is 0.494 e. The first-order valence-corrected chi connectivity index (χ1v) is 9.15. The van der Waals surface area contributed by atoms with Crippen molar-refractivity contribution in [1.82, 2.24) is 9.78 Å². The third-order valence-corrected chi connectivity index (χ3v) is 4.11. The van der Waals surface area contributed by atoms with Crippen LogP contribution in [0.1, 0.15) is 23.0 Å². The molecule has 162 valence electrons. The van der Waals surface area contributed by atoms with Gasteiger partial charge in [-0.3, -0.25) is 9.59 Å². The first-order chi connectivity index (χ1) is 14.7. The number of aromatic nitrogens is 2. The summed E-state index contributed by atoms with van der Waals surface area (Å²) >= 11 is 0. The number of amides is 1. The van der Waals surface area contributed by atoms with Gasteiger partial charge in [0.2, 0.25) is 0 Å². The molecule has 31 heavy (non-hydrogen) atoms. The molecular formula is C21H18F3N3O4. The van der Waals surface area contributed by atoms with Crippen LogP contribution in [0.15, 0.2) is 59.4 Å². The van der Waals surface area contributed by atoms with Crippen LogP contribution in [0.25, 0.3) is 0 Å². The summed E-state index contributed by atoms with van der Waals surface area (Å²) in [5.41, 5.74) is -1.75. The van der Waals surface area contributed by atoms with Crippen LogP contribution in [-0.4, -0.2) is 22.3 Å². The summed E-state index contributed by atoms with van der Waals surface area (Å²) in [6.45, 7) is 2.31. The summed E-state index contributed by atoms with van der Waals surface area (Å²) in [6.07, 6.45) is -4.62. The van der Waals surface area contributed by atoms with Crippen molar-refractivity contribution in [2.75, 3.05) is 11.9 Å².